The second kappa shape index (κ2) is 12.8. The molecule has 0 saturated carbocycles. The molecule has 2 rings (SSSR count). The molecule has 0 aliphatic carbocycles. The van der Waals surface area contributed by atoms with Gasteiger partial charge in [-0.2, -0.15) is 0 Å². The van der Waals surface area contributed by atoms with Gasteiger partial charge in [-0.3, -0.25) is 4.99 Å². The molecule has 0 spiro atoms. The maximum Gasteiger partial charge on any atom is 0.193 e. The van der Waals surface area contributed by atoms with E-state index in [1.54, 1.807) is 6.33 Å². The number of halogens is 2. The molecule has 2 aromatic rings. The fraction of sp³-hybridized carbons (Fsp3) is 0.500. The van der Waals surface area contributed by atoms with E-state index in [0.29, 0.717) is 24.7 Å². The monoisotopic (exact) mass is 506 g/mol. The van der Waals surface area contributed by atoms with Crippen LogP contribution in [0.25, 0.3) is 0 Å². The number of aryl methyl sites for hydroxylation is 1. The fourth-order valence-corrected chi connectivity index (χ4v) is 2.62. The lowest BCUT2D eigenvalue weighted by atomic mass is 10.3. The van der Waals surface area contributed by atoms with Gasteiger partial charge in [-0.05, 0) is 25.1 Å². The number of aliphatic imine (C=N–C) groups is 1. The quantitative estimate of drug-likeness (QED) is 0.322. The van der Waals surface area contributed by atoms with Gasteiger partial charge in [0.1, 0.15) is 24.5 Å². The minimum absolute atomic E-state index is 0. The Bertz CT molecular complexity index is 709. The molecule has 150 valence electrons. The van der Waals surface area contributed by atoms with Gasteiger partial charge in [0.25, 0.3) is 0 Å². The predicted molar refractivity (Wildman–Crippen MR) is 120 cm³/mol. The number of likely N-dealkylation sites (N-methyl/N-ethyl adjacent to an activating group) is 1. The Morgan fingerprint density at radius 2 is 2.19 bits per heavy atom. The first kappa shape index (κ1) is 23.5. The Labute approximate surface area is 183 Å². The highest BCUT2D eigenvalue weighted by atomic mass is 127. The van der Waals surface area contributed by atoms with Gasteiger partial charge >= 0.3 is 0 Å². The highest BCUT2D eigenvalue weighted by molar-refractivity contribution is 14.0. The van der Waals surface area contributed by atoms with E-state index in [0.717, 1.165) is 37.0 Å². The molecule has 1 N–H and O–H groups in total. The highest BCUT2D eigenvalue weighted by Crippen LogP contribution is 2.16. The molecule has 1 aromatic heterocycles. The molecule has 0 radical (unpaired) electrons. The summed E-state index contributed by atoms with van der Waals surface area (Å²) in [6.45, 7) is 7.62. The fourth-order valence-electron chi connectivity index (χ4n) is 2.44. The summed E-state index contributed by atoms with van der Waals surface area (Å²) in [5.41, 5.74) is 0. The van der Waals surface area contributed by atoms with Crippen molar-refractivity contribution >= 4 is 41.5 Å². The van der Waals surface area contributed by atoms with Crippen LogP contribution in [-0.2, 0) is 13.0 Å². The molecule has 27 heavy (non-hydrogen) atoms. The zero-order valence-electron chi connectivity index (χ0n) is 16.1. The summed E-state index contributed by atoms with van der Waals surface area (Å²) in [6, 6.07) is 7.42. The van der Waals surface area contributed by atoms with Crippen LogP contribution in [0, 0.1) is 0 Å². The lowest BCUT2D eigenvalue weighted by Gasteiger charge is -2.22. The van der Waals surface area contributed by atoms with E-state index in [-0.39, 0.29) is 24.0 Å². The Kier molecular flexibility index (Phi) is 11.1. The van der Waals surface area contributed by atoms with Crippen molar-refractivity contribution in [3.8, 4) is 5.75 Å². The standard InChI is InChI=1S/C18H27ClN6O.HI/c1-4-17-23-22-14-25(17)10-9-21-18(20-5-2)24(3)11-12-26-16-8-6-7-15(19)13-16;/h6-8,13-14H,4-5,9-12H2,1-3H3,(H,20,21);1H. The Hall–Kier alpha value is -1.55. The van der Waals surface area contributed by atoms with Crippen LogP contribution in [0.2, 0.25) is 5.02 Å². The van der Waals surface area contributed by atoms with Gasteiger partial charge in [-0.15, -0.1) is 34.2 Å². The second-order valence-corrected chi connectivity index (χ2v) is 6.19. The van der Waals surface area contributed by atoms with Crippen LogP contribution in [0.4, 0.5) is 0 Å². The summed E-state index contributed by atoms with van der Waals surface area (Å²) in [6.07, 6.45) is 2.62. The molecule has 9 heteroatoms. The maximum absolute atomic E-state index is 5.97. The van der Waals surface area contributed by atoms with Crippen LogP contribution in [0.3, 0.4) is 0 Å². The van der Waals surface area contributed by atoms with Crippen LogP contribution < -0.4 is 10.1 Å². The average molecular weight is 507 g/mol. The predicted octanol–water partition coefficient (Wildman–Crippen LogP) is 3.09. The molecule has 0 amide bonds. The van der Waals surface area contributed by atoms with Crippen LogP contribution in [0.1, 0.15) is 19.7 Å². The number of hydrogen-bond donors (Lipinski definition) is 1. The normalized spacial score (nSPS) is 11.0. The first-order valence-corrected chi connectivity index (χ1v) is 9.26. The second-order valence-electron chi connectivity index (χ2n) is 5.76. The minimum Gasteiger partial charge on any atom is -0.492 e. The molecule has 7 nitrogen and oxygen atoms in total. The number of nitrogens with zero attached hydrogens (tertiary/aromatic N) is 5. The molecule has 0 fully saturated rings. The zero-order valence-corrected chi connectivity index (χ0v) is 19.1. The largest absolute Gasteiger partial charge is 0.492 e. The van der Waals surface area contributed by atoms with E-state index >= 15 is 0 Å². The summed E-state index contributed by atoms with van der Waals surface area (Å²) >= 11 is 5.97. The van der Waals surface area contributed by atoms with Crippen LogP contribution in [0.15, 0.2) is 35.6 Å². The van der Waals surface area contributed by atoms with Crippen molar-refractivity contribution in [3.05, 3.63) is 41.4 Å². The third kappa shape index (κ3) is 7.92. The smallest absolute Gasteiger partial charge is 0.193 e. The number of ether oxygens (including phenoxy) is 1. The van der Waals surface area contributed by atoms with E-state index in [1.807, 2.05) is 35.9 Å². The lowest BCUT2D eigenvalue weighted by Crippen LogP contribution is -2.41. The van der Waals surface area contributed by atoms with Crippen molar-refractivity contribution in [1.82, 2.24) is 25.0 Å². The third-order valence-corrected chi connectivity index (χ3v) is 4.04. The van der Waals surface area contributed by atoms with Crippen LogP contribution in [0.5, 0.6) is 5.75 Å². The van der Waals surface area contributed by atoms with Crippen molar-refractivity contribution in [2.45, 2.75) is 26.8 Å². The van der Waals surface area contributed by atoms with Gasteiger partial charge in [-0.25, -0.2) is 0 Å². The molecule has 0 aliphatic heterocycles. The van der Waals surface area contributed by atoms with E-state index in [4.69, 9.17) is 16.3 Å². The first-order chi connectivity index (χ1) is 12.6. The molecular formula is C18H28ClIN6O. The first-order valence-electron chi connectivity index (χ1n) is 8.88. The molecule has 0 bridgehead atoms. The van der Waals surface area contributed by atoms with Crippen molar-refractivity contribution in [1.29, 1.82) is 0 Å². The molecule has 1 heterocycles. The Morgan fingerprint density at radius 1 is 1.37 bits per heavy atom. The van der Waals surface area contributed by atoms with Gasteiger partial charge < -0.3 is 19.5 Å². The molecule has 0 atom stereocenters. The molecule has 0 saturated heterocycles. The van der Waals surface area contributed by atoms with Gasteiger partial charge in [0.2, 0.25) is 0 Å². The van der Waals surface area contributed by atoms with Crippen molar-refractivity contribution < 1.29 is 4.74 Å². The summed E-state index contributed by atoms with van der Waals surface area (Å²) in [5, 5.41) is 12.0. The van der Waals surface area contributed by atoms with Gasteiger partial charge in [-0.1, -0.05) is 24.6 Å². The van der Waals surface area contributed by atoms with Crippen molar-refractivity contribution in [2.24, 2.45) is 4.99 Å². The summed E-state index contributed by atoms with van der Waals surface area (Å²) < 4.78 is 7.79. The van der Waals surface area contributed by atoms with Gasteiger partial charge in [0, 0.05) is 31.6 Å². The molecule has 0 unspecified atom stereocenters. The van der Waals surface area contributed by atoms with Gasteiger partial charge in [0.15, 0.2) is 5.96 Å². The van der Waals surface area contributed by atoms with E-state index in [1.165, 1.54) is 0 Å². The topological polar surface area (TPSA) is 67.6 Å². The Balaban J connectivity index is 0.00000364. The molecular weight excluding hydrogens is 479 g/mol. The van der Waals surface area contributed by atoms with E-state index in [9.17, 15) is 0 Å². The molecule has 1 aromatic carbocycles. The number of aromatic nitrogens is 3. The molecule has 0 aliphatic rings. The van der Waals surface area contributed by atoms with Crippen LogP contribution >= 0.6 is 35.6 Å². The maximum atomic E-state index is 5.97. The number of benzene rings is 1. The SMILES string of the molecule is CCNC(=NCCn1cnnc1CC)N(C)CCOc1cccc(Cl)c1.I. The third-order valence-electron chi connectivity index (χ3n) is 3.80. The Morgan fingerprint density at radius 3 is 2.89 bits per heavy atom. The average Bonchev–Trinajstić information content (AvgIpc) is 3.08. The van der Waals surface area contributed by atoms with E-state index < -0.39 is 0 Å². The van der Waals surface area contributed by atoms with Crippen LogP contribution in [-0.4, -0.2) is 58.9 Å². The number of rotatable bonds is 9. The lowest BCUT2D eigenvalue weighted by molar-refractivity contribution is 0.281. The number of nitrogens with one attached hydrogen (secondary N) is 1. The van der Waals surface area contributed by atoms with Crippen molar-refractivity contribution in [3.63, 3.8) is 0 Å². The van der Waals surface area contributed by atoms with Gasteiger partial charge in [0.05, 0.1) is 13.1 Å². The number of guanidine groups is 1. The summed E-state index contributed by atoms with van der Waals surface area (Å²) in [7, 11) is 2.00. The summed E-state index contributed by atoms with van der Waals surface area (Å²) in [5.74, 6) is 2.61. The van der Waals surface area contributed by atoms with E-state index in [2.05, 4.69) is 39.3 Å². The number of hydrogen-bond acceptors (Lipinski definition) is 4. The zero-order chi connectivity index (χ0) is 18.8. The summed E-state index contributed by atoms with van der Waals surface area (Å²) in [4.78, 5) is 6.74. The van der Waals surface area contributed by atoms with Crippen molar-refractivity contribution in [2.75, 3.05) is 33.3 Å². The highest BCUT2D eigenvalue weighted by Gasteiger charge is 2.06. The minimum atomic E-state index is 0.